The molecule has 2 unspecified atom stereocenters. The highest BCUT2D eigenvalue weighted by molar-refractivity contribution is 5.86. The quantitative estimate of drug-likeness (QED) is 0.841. The van der Waals surface area contributed by atoms with Crippen LogP contribution in [0.25, 0.3) is 0 Å². The number of rotatable bonds is 5. The number of ether oxygens (including phenoxy) is 2. The molecule has 0 bridgehead atoms. The van der Waals surface area contributed by atoms with E-state index in [0.717, 1.165) is 0 Å². The normalized spacial score (nSPS) is 14.1. The van der Waals surface area contributed by atoms with E-state index in [2.05, 4.69) is 15.0 Å². The van der Waals surface area contributed by atoms with Crippen molar-refractivity contribution in [2.24, 2.45) is 0 Å². The Balaban J connectivity index is 2.76. The Morgan fingerprint density at radius 1 is 1.41 bits per heavy atom. The van der Waals surface area contributed by atoms with Crippen LogP contribution in [0.1, 0.15) is 63.3 Å². The number of amides is 1. The van der Waals surface area contributed by atoms with Crippen LogP contribution in [0.2, 0.25) is 0 Å². The first-order valence-electron chi connectivity index (χ1n) is 7.21. The molecule has 0 radical (unpaired) electrons. The molecule has 1 amide bonds. The highest BCUT2D eigenvalue weighted by Crippen LogP contribution is 2.23. The summed E-state index contributed by atoms with van der Waals surface area (Å²) >= 11 is 0. The topological polar surface area (TPSA) is 90.7 Å². The lowest BCUT2D eigenvalue weighted by Crippen LogP contribution is -2.40. The Morgan fingerprint density at radius 3 is 2.55 bits per heavy atom. The smallest absolute Gasteiger partial charge is 0.407 e. The molecule has 0 aromatic carbocycles. The SMILES string of the molecule is CCC(c1nc(C(=O)OC)co1)C(C)NC(=O)OC(C)(C)C. The fraction of sp³-hybridized carbons (Fsp3) is 0.667. The van der Waals surface area contributed by atoms with Gasteiger partial charge in [-0.15, -0.1) is 0 Å². The third kappa shape index (κ3) is 5.05. The van der Waals surface area contributed by atoms with Crippen LogP contribution in [0.5, 0.6) is 0 Å². The zero-order valence-electron chi connectivity index (χ0n) is 13.9. The van der Waals surface area contributed by atoms with Crippen LogP contribution in [0.4, 0.5) is 4.79 Å². The Kier molecular flexibility index (Phi) is 5.96. The molecule has 0 fully saturated rings. The van der Waals surface area contributed by atoms with Crippen molar-refractivity contribution in [3.8, 4) is 0 Å². The van der Waals surface area contributed by atoms with Gasteiger partial charge in [0.1, 0.15) is 11.9 Å². The third-order valence-corrected chi connectivity index (χ3v) is 3.02. The van der Waals surface area contributed by atoms with Crippen LogP contribution in [-0.4, -0.2) is 35.8 Å². The van der Waals surface area contributed by atoms with Crippen LogP contribution in [0, 0.1) is 0 Å². The number of methoxy groups -OCH3 is 1. The number of carbonyl (C=O) groups is 2. The lowest BCUT2D eigenvalue weighted by atomic mass is 9.98. The van der Waals surface area contributed by atoms with Gasteiger partial charge in [-0.25, -0.2) is 14.6 Å². The molecule has 0 aliphatic carbocycles. The largest absolute Gasteiger partial charge is 0.464 e. The Labute approximate surface area is 130 Å². The summed E-state index contributed by atoms with van der Waals surface area (Å²) in [6.45, 7) is 9.17. The van der Waals surface area contributed by atoms with Gasteiger partial charge < -0.3 is 19.2 Å². The molecule has 0 aliphatic rings. The number of nitrogens with one attached hydrogen (secondary N) is 1. The average Bonchev–Trinajstić information content (AvgIpc) is 2.85. The molecule has 0 spiro atoms. The number of esters is 1. The summed E-state index contributed by atoms with van der Waals surface area (Å²) in [5.41, 5.74) is -0.451. The second-order valence-corrected chi connectivity index (χ2v) is 6.01. The zero-order valence-corrected chi connectivity index (χ0v) is 13.9. The molecule has 1 heterocycles. The number of hydrogen-bond donors (Lipinski definition) is 1. The van der Waals surface area contributed by atoms with Gasteiger partial charge >= 0.3 is 12.1 Å². The fourth-order valence-electron chi connectivity index (χ4n) is 1.99. The highest BCUT2D eigenvalue weighted by Gasteiger charge is 2.27. The van der Waals surface area contributed by atoms with E-state index in [0.29, 0.717) is 12.3 Å². The summed E-state index contributed by atoms with van der Waals surface area (Å²) in [5.74, 6) is -0.352. The van der Waals surface area contributed by atoms with Crippen molar-refractivity contribution < 1.29 is 23.5 Å². The fourth-order valence-corrected chi connectivity index (χ4v) is 1.99. The maximum Gasteiger partial charge on any atom is 0.407 e. The van der Waals surface area contributed by atoms with Crippen molar-refractivity contribution >= 4 is 12.1 Å². The summed E-state index contributed by atoms with van der Waals surface area (Å²) in [5, 5.41) is 2.76. The molecule has 0 saturated carbocycles. The summed E-state index contributed by atoms with van der Waals surface area (Å²) in [4.78, 5) is 27.4. The monoisotopic (exact) mass is 312 g/mol. The van der Waals surface area contributed by atoms with E-state index in [1.54, 1.807) is 20.8 Å². The first-order valence-corrected chi connectivity index (χ1v) is 7.21. The van der Waals surface area contributed by atoms with Crippen molar-refractivity contribution in [1.29, 1.82) is 0 Å². The summed E-state index contributed by atoms with van der Waals surface area (Å²) in [6.07, 6.45) is 1.43. The number of carbonyl (C=O) groups excluding carboxylic acids is 2. The molecule has 22 heavy (non-hydrogen) atoms. The minimum Gasteiger partial charge on any atom is -0.464 e. The van der Waals surface area contributed by atoms with E-state index in [9.17, 15) is 9.59 Å². The molecule has 0 aliphatic heterocycles. The van der Waals surface area contributed by atoms with Crippen molar-refractivity contribution in [2.75, 3.05) is 7.11 Å². The molecule has 1 aromatic heterocycles. The van der Waals surface area contributed by atoms with E-state index in [1.165, 1.54) is 13.4 Å². The Morgan fingerprint density at radius 2 is 2.05 bits per heavy atom. The number of alkyl carbamates (subject to hydrolysis) is 1. The second kappa shape index (κ2) is 7.29. The second-order valence-electron chi connectivity index (χ2n) is 6.01. The van der Waals surface area contributed by atoms with E-state index in [4.69, 9.17) is 9.15 Å². The van der Waals surface area contributed by atoms with E-state index in [1.807, 2.05) is 13.8 Å². The lowest BCUT2D eigenvalue weighted by Gasteiger charge is -2.24. The number of oxazole rings is 1. The lowest BCUT2D eigenvalue weighted by molar-refractivity contribution is 0.0497. The molecule has 7 nitrogen and oxygen atoms in total. The standard InChI is InChI=1S/C15H24N2O5/c1-7-10(9(2)16-14(19)22-15(3,4)5)12-17-11(8-21-12)13(18)20-6/h8-10H,7H2,1-6H3,(H,16,19). The van der Waals surface area contributed by atoms with Gasteiger partial charge in [0, 0.05) is 6.04 Å². The van der Waals surface area contributed by atoms with Gasteiger partial charge in [-0.3, -0.25) is 0 Å². The molecule has 1 aromatic rings. The van der Waals surface area contributed by atoms with Crippen LogP contribution in [0.3, 0.4) is 0 Å². The Bertz CT molecular complexity index is 518. The third-order valence-electron chi connectivity index (χ3n) is 3.02. The summed E-state index contributed by atoms with van der Waals surface area (Å²) in [7, 11) is 1.28. The van der Waals surface area contributed by atoms with Gasteiger partial charge in [-0.2, -0.15) is 0 Å². The van der Waals surface area contributed by atoms with Gasteiger partial charge in [-0.1, -0.05) is 6.92 Å². The number of hydrogen-bond acceptors (Lipinski definition) is 6. The van der Waals surface area contributed by atoms with Crippen molar-refractivity contribution in [2.45, 2.75) is 58.6 Å². The summed E-state index contributed by atoms with van der Waals surface area (Å²) in [6, 6.07) is -0.260. The van der Waals surface area contributed by atoms with E-state index >= 15 is 0 Å². The molecular weight excluding hydrogens is 288 g/mol. The molecule has 2 atom stereocenters. The van der Waals surface area contributed by atoms with Crippen LogP contribution >= 0.6 is 0 Å². The first-order chi connectivity index (χ1) is 10.2. The van der Waals surface area contributed by atoms with Gasteiger partial charge in [0.25, 0.3) is 0 Å². The van der Waals surface area contributed by atoms with Gasteiger partial charge in [0.15, 0.2) is 11.6 Å². The molecule has 1 rings (SSSR count). The van der Waals surface area contributed by atoms with E-state index < -0.39 is 17.7 Å². The first kappa shape index (κ1) is 18.0. The van der Waals surface area contributed by atoms with Gasteiger partial charge in [-0.05, 0) is 34.1 Å². The maximum atomic E-state index is 11.8. The van der Waals surface area contributed by atoms with Crippen LogP contribution in [-0.2, 0) is 9.47 Å². The van der Waals surface area contributed by atoms with Gasteiger partial charge in [0.05, 0.1) is 13.0 Å². The van der Waals surface area contributed by atoms with E-state index in [-0.39, 0.29) is 17.7 Å². The van der Waals surface area contributed by atoms with Gasteiger partial charge in [0.2, 0.25) is 0 Å². The predicted molar refractivity (Wildman–Crippen MR) is 79.7 cm³/mol. The average molecular weight is 312 g/mol. The predicted octanol–water partition coefficient (Wildman–Crippen LogP) is 2.87. The number of aromatic nitrogens is 1. The zero-order chi connectivity index (χ0) is 16.9. The minimum absolute atomic E-state index is 0.111. The maximum absolute atomic E-state index is 11.8. The van der Waals surface area contributed by atoms with Crippen molar-refractivity contribution in [1.82, 2.24) is 10.3 Å². The molecule has 7 heteroatoms. The highest BCUT2D eigenvalue weighted by atomic mass is 16.6. The number of nitrogens with zero attached hydrogens (tertiary/aromatic N) is 1. The molecule has 1 N–H and O–H groups in total. The molecule has 124 valence electrons. The molecular formula is C15H24N2O5. The minimum atomic E-state index is -0.563. The van der Waals surface area contributed by atoms with Crippen LogP contribution in [0.15, 0.2) is 10.7 Å². The van der Waals surface area contributed by atoms with Crippen molar-refractivity contribution in [3.05, 3.63) is 17.8 Å². The summed E-state index contributed by atoms with van der Waals surface area (Å²) < 4.78 is 15.2. The van der Waals surface area contributed by atoms with Crippen LogP contribution < -0.4 is 5.32 Å². The Hall–Kier alpha value is -2.05. The van der Waals surface area contributed by atoms with Crippen molar-refractivity contribution in [3.63, 3.8) is 0 Å². The molecule has 0 saturated heterocycles.